The van der Waals surface area contributed by atoms with E-state index in [9.17, 15) is 0 Å². The van der Waals surface area contributed by atoms with Crippen LogP contribution in [0.3, 0.4) is 0 Å². The van der Waals surface area contributed by atoms with Crippen molar-refractivity contribution < 1.29 is 0 Å². The van der Waals surface area contributed by atoms with Gasteiger partial charge in [-0.3, -0.25) is 0 Å². The summed E-state index contributed by atoms with van der Waals surface area (Å²) >= 11 is 2.12. The Balaban J connectivity index is 1.82. The van der Waals surface area contributed by atoms with E-state index < -0.39 is 0 Å². The van der Waals surface area contributed by atoms with Gasteiger partial charge in [-0.15, -0.1) is 0 Å². The molecule has 1 N–H and O–H groups in total. The molecule has 1 atom stereocenters. The fraction of sp³-hybridized carbons (Fsp3) is 1.00. The quantitative estimate of drug-likeness (QED) is 0.719. The van der Waals surface area contributed by atoms with E-state index in [0.717, 1.165) is 17.8 Å². The van der Waals surface area contributed by atoms with Gasteiger partial charge in [-0.05, 0) is 42.9 Å². The number of nitrogens with one attached hydrogen (secondary N) is 1. The first-order valence-electron chi connectivity index (χ1n) is 5.14. The number of thioether (sulfide) groups is 1. The van der Waals surface area contributed by atoms with Gasteiger partial charge in [0.25, 0.3) is 0 Å². The second-order valence-electron chi connectivity index (χ2n) is 4.21. The van der Waals surface area contributed by atoms with Crippen molar-refractivity contribution in [1.82, 2.24) is 5.32 Å². The summed E-state index contributed by atoms with van der Waals surface area (Å²) in [5.41, 5.74) is 0. The summed E-state index contributed by atoms with van der Waals surface area (Å²) in [6, 6.07) is 0. The Morgan fingerprint density at radius 1 is 1.33 bits per heavy atom. The van der Waals surface area contributed by atoms with E-state index in [4.69, 9.17) is 0 Å². The Morgan fingerprint density at radius 3 is 2.42 bits per heavy atom. The molecule has 0 spiro atoms. The lowest BCUT2D eigenvalue weighted by Crippen LogP contribution is -2.40. The minimum atomic E-state index is 1.00. The van der Waals surface area contributed by atoms with Crippen molar-refractivity contribution in [2.45, 2.75) is 19.3 Å². The molecule has 0 aromatic carbocycles. The first-order chi connectivity index (χ1) is 5.92. The predicted molar refractivity (Wildman–Crippen MR) is 55.6 cm³/mol. The molecule has 0 radical (unpaired) electrons. The van der Waals surface area contributed by atoms with E-state index in [0.29, 0.717) is 0 Å². The van der Waals surface area contributed by atoms with Crippen LogP contribution < -0.4 is 5.32 Å². The smallest absolute Gasteiger partial charge is 0.00176 e. The van der Waals surface area contributed by atoms with Crippen LogP contribution in [0, 0.1) is 17.8 Å². The predicted octanol–water partition coefficient (Wildman–Crippen LogP) is 1.99. The summed E-state index contributed by atoms with van der Waals surface area (Å²) in [5.74, 6) is 5.99. The van der Waals surface area contributed by atoms with Gasteiger partial charge in [-0.2, -0.15) is 11.8 Å². The molecule has 1 saturated carbocycles. The monoisotopic (exact) mass is 185 g/mol. The van der Waals surface area contributed by atoms with E-state index in [1.807, 2.05) is 0 Å². The van der Waals surface area contributed by atoms with Gasteiger partial charge in [-0.1, -0.05) is 19.3 Å². The van der Waals surface area contributed by atoms with Crippen LogP contribution in [0.1, 0.15) is 19.3 Å². The molecule has 70 valence electrons. The third kappa shape index (κ3) is 1.64. The number of hydrogen-bond donors (Lipinski definition) is 1. The Kier molecular flexibility index (Phi) is 2.97. The molecule has 0 amide bonds. The molecule has 1 unspecified atom stereocenters. The molecular formula is C10H19NS. The zero-order chi connectivity index (χ0) is 8.39. The Morgan fingerprint density at radius 2 is 2.08 bits per heavy atom. The van der Waals surface area contributed by atoms with Crippen LogP contribution in [0.2, 0.25) is 0 Å². The van der Waals surface area contributed by atoms with Gasteiger partial charge in [0.2, 0.25) is 0 Å². The van der Waals surface area contributed by atoms with Crippen LogP contribution in [0.5, 0.6) is 0 Å². The van der Waals surface area contributed by atoms with Gasteiger partial charge in [0.1, 0.15) is 0 Å². The Labute approximate surface area is 79.7 Å². The maximum atomic E-state index is 3.36. The van der Waals surface area contributed by atoms with Crippen molar-refractivity contribution in [3.63, 3.8) is 0 Å². The molecule has 1 heterocycles. The van der Waals surface area contributed by atoms with Crippen LogP contribution in [-0.2, 0) is 0 Å². The van der Waals surface area contributed by atoms with Crippen LogP contribution >= 0.6 is 11.8 Å². The lowest BCUT2D eigenvalue weighted by molar-refractivity contribution is 0.158. The van der Waals surface area contributed by atoms with Crippen molar-refractivity contribution in [3.05, 3.63) is 0 Å². The van der Waals surface area contributed by atoms with Gasteiger partial charge in [0, 0.05) is 0 Å². The fourth-order valence-electron chi connectivity index (χ4n) is 2.32. The largest absolute Gasteiger partial charge is 0.319 e. The number of rotatable bonds is 4. The van der Waals surface area contributed by atoms with E-state index in [2.05, 4.69) is 24.1 Å². The highest BCUT2D eigenvalue weighted by Gasteiger charge is 2.35. The standard InChI is InChI=1S/C10H19NS/c1-11-5-10(8-3-2-4-8)9-6-12-7-9/h8-11H,2-7H2,1H3. The lowest BCUT2D eigenvalue weighted by Gasteiger charge is -2.42. The normalized spacial score (nSPS) is 27.8. The van der Waals surface area contributed by atoms with Crippen molar-refractivity contribution in [3.8, 4) is 0 Å². The molecule has 0 aromatic heterocycles. The minimum absolute atomic E-state index is 1.00. The first-order valence-corrected chi connectivity index (χ1v) is 6.29. The molecule has 0 aromatic rings. The molecular weight excluding hydrogens is 166 g/mol. The van der Waals surface area contributed by atoms with E-state index in [1.165, 1.54) is 37.3 Å². The topological polar surface area (TPSA) is 12.0 Å². The van der Waals surface area contributed by atoms with Crippen molar-refractivity contribution >= 4 is 11.8 Å². The maximum Gasteiger partial charge on any atom is -0.00176 e. The average Bonchev–Trinajstić information content (AvgIpc) is 1.79. The second-order valence-corrected chi connectivity index (χ2v) is 5.28. The summed E-state index contributed by atoms with van der Waals surface area (Å²) in [6.07, 6.45) is 4.51. The van der Waals surface area contributed by atoms with Gasteiger partial charge in [0.15, 0.2) is 0 Å². The van der Waals surface area contributed by atoms with Crippen molar-refractivity contribution in [1.29, 1.82) is 0 Å². The highest BCUT2D eigenvalue weighted by Crippen LogP contribution is 2.42. The Bertz CT molecular complexity index is 127. The van der Waals surface area contributed by atoms with E-state index in [1.54, 1.807) is 0 Å². The molecule has 0 bridgehead atoms. The molecule has 12 heavy (non-hydrogen) atoms. The first kappa shape index (κ1) is 8.89. The number of hydrogen-bond acceptors (Lipinski definition) is 2. The van der Waals surface area contributed by atoms with Crippen LogP contribution in [0.25, 0.3) is 0 Å². The highest BCUT2D eigenvalue weighted by atomic mass is 32.2. The van der Waals surface area contributed by atoms with Gasteiger partial charge in [0.05, 0.1) is 0 Å². The molecule has 1 nitrogen and oxygen atoms in total. The lowest BCUT2D eigenvalue weighted by atomic mass is 9.71. The highest BCUT2D eigenvalue weighted by molar-refractivity contribution is 8.00. The third-order valence-electron chi connectivity index (χ3n) is 3.46. The van der Waals surface area contributed by atoms with Gasteiger partial charge in [-0.25, -0.2) is 0 Å². The second kappa shape index (κ2) is 4.01. The van der Waals surface area contributed by atoms with Gasteiger partial charge < -0.3 is 5.32 Å². The van der Waals surface area contributed by atoms with Crippen LogP contribution in [0.4, 0.5) is 0 Å². The molecule has 1 saturated heterocycles. The molecule has 2 aliphatic rings. The van der Waals surface area contributed by atoms with Crippen molar-refractivity contribution in [2.75, 3.05) is 25.1 Å². The minimum Gasteiger partial charge on any atom is -0.319 e. The summed E-state index contributed by atoms with van der Waals surface area (Å²) in [6.45, 7) is 1.26. The van der Waals surface area contributed by atoms with Crippen LogP contribution in [0.15, 0.2) is 0 Å². The van der Waals surface area contributed by atoms with Crippen molar-refractivity contribution in [2.24, 2.45) is 17.8 Å². The summed E-state index contributed by atoms with van der Waals surface area (Å²) < 4.78 is 0. The van der Waals surface area contributed by atoms with Crippen LogP contribution in [-0.4, -0.2) is 25.1 Å². The molecule has 2 fully saturated rings. The molecule has 2 rings (SSSR count). The maximum absolute atomic E-state index is 3.36. The molecule has 2 heteroatoms. The zero-order valence-electron chi connectivity index (χ0n) is 7.88. The molecule has 1 aliphatic heterocycles. The summed E-state index contributed by atoms with van der Waals surface area (Å²) in [4.78, 5) is 0. The summed E-state index contributed by atoms with van der Waals surface area (Å²) in [7, 11) is 2.09. The molecule has 1 aliphatic carbocycles. The van der Waals surface area contributed by atoms with E-state index >= 15 is 0 Å². The van der Waals surface area contributed by atoms with E-state index in [-0.39, 0.29) is 0 Å². The fourth-order valence-corrected chi connectivity index (χ4v) is 3.33. The SMILES string of the molecule is CNCC(C1CCC1)C1CSC1. The Hall–Kier alpha value is 0.310. The zero-order valence-corrected chi connectivity index (χ0v) is 8.70. The van der Waals surface area contributed by atoms with Gasteiger partial charge >= 0.3 is 0 Å². The average molecular weight is 185 g/mol. The summed E-state index contributed by atoms with van der Waals surface area (Å²) in [5, 5.41) is 3.36. The third-order valence-corrected chi connectivity index (χ3v) is 4.79.